The molecule has 4 heteroatoms. The second-order valence-electron chi connectivity index (χ2n) is 5.31. The molecule has 0 saturated carbocycles. The summed E-state index contributed by atoms with van der Waals surface area (Å²) in [4.78, 5) is 1.98. The Morgan fingerprint density at radius 1 is 1.15 bits per heavy atom. The predicted octanol–water partition coefficient (Wildman–Crippen LogP) is 4.30. The van der Waals surface area contributed by atoms with Crippen molar-refractivity contribution in [2.24, 2.45) is 0 Å². The largest absolute Gasteiger partial charge is 0.383 e. The first-order valence-electron chi connectivity index (χ1n) is 6.82. The van der Waals surface area contributed by atoms with E-state index >= 15 is 0 Å². The Kier molecular flexibility index (Phi) is 3.61. The zero-order valence-corrected chi connectivity index (χ0v) is 12.1. The molecule has 0 aliphatic heterocycles. The lowest BCUT2D eigenvalue weighted by molar-refractivity contribution is 0.217. The minimum absolute atomic E-state index is 0.0201. The molecular formula is C16H16F2OS. The van der Waals surface area contributed by atoms with Crippen LogP contribution in [0.4, 0.5) is 8.78 Å². The van der Waals surface area contributed by atoms with Crippen LogP contribution in [0.5, 0.6) is 0 Å². The summed E-state index contributed by atoms with van der Waals surface area (Å²) in [5.74, 6) is -1.81. The van der Waals surface area contributed by atoms with Crippen molar-refractivity contribution in [1.29, 1.82) is 0 Å². The van der Waals surface area contributed by atoms with Crippen molar-refractivity contribution in [3.05, 3.63) is 56.3 Å². The molecule has 20 heavy (non-hydrogen) atoms. The standard InChI is InChI=1S/C16H16F2OS/c1-9-6-7-11(15(18)14(9)17)16(19)13-8-10-4-2-3-5-12(10)20-13/h6-8,16,19H,2-5H2,1H3. The summed E-state index contributed by atoms with van der Waals surface area (Å²) in [5, 5.41) is 10.3. The lowest BCUT2D eigenvalue weighted by Gasteiger charge is -2.11. The topological polar surface area (TPSA) is 20.2 Å². The normalized spacial score (nSPS) is 16.0. The summed E-state index contributed by atoms with van der Waals surface area (Å²) in [6, 6.07) is 4.92. The molecule has 106 valence electrons. The molecule has 0 amide bonds. The van der Waals surface area contributed by atoms with E-state index in [2.05, 4.69) is 0 Å². The maximum absolute atomic E-state index is 14.0. The first kappa shape index (κ1) is 13.7. The summed E-state index contributed by atoms with van der Waals surface area (Å²) in [7, 11) is 0. The number of benzene rings is 1. The summed E-state index contributed by atoms with van der Waals surface area (Å²) in [5.41, 5.74) is 1.53. The smallest absolute Gasteiger partial charge is 0.165 e. The number of rotatable bonds is 2. The van der Waals surface area contributed by atoms with Gasteiger partial charge in [0.25, 0.3) is 0 Å². The van der Waals surface area contributed by atoms with Crippen molar-refractivity contribution < 1.29 is 13.9 Å². The van der Waals surface area contributed by atoms with Crippen LogP contribution in [-0.4, -0.2) is 5.11 Å². The first-order chi connectivity index (χ1) is 9.58. The number of aliphatic hydroxyl groups excluding tert-OH is 1. The molecule has 1 N–H and O–H groups in total. The monoisotopic (exact) mass is 294 g/mol. The Balaban J connectivity index is 1.98. The Morgan fingerprint density at radius 2 is 1.90 bits per heavy atom. The molecule has 0 fully saturated rings. The van der Waals surface area contributed by atoms with Crippen LogP contribution in [0.2, 0.25) is 0 Å². The van der Waals surface area contributed by atoms with E-state index in [1.807, 2.05) is 6.07 Å². The molecular weight excluding hydrogens is 278 g/mol. The van der Waals surface area contributed by atoms with Crippen LogP contribution in [0.1, 0.15) is 45.4 Å². The van der Waals surface area contributed by atoms with Crippen LogP contribution >= 0.6 is 11.3 Å². The van der Waals surface area contributed by atoms with Gasteiger partial charge < -0.3 is 5.11 Å². The molecule has 0 radical (unpaired) electrons. The van der Waals surface area contributed by atoms with E-state index in [0.717, 1.165) is 25.7 Å². The maximum Gasteiger partial charge on any atom is 0.165 e. The van der Waals surface area contributed by atoms with Crippen molar-refractivity contribution in [3.8, 4) is 0 Å². The van der Waals surface area contributed by atoms with E-state index in [0.29, 0.717) is 4.88 Å². The van der Waals surface area contributed by atoms with E-state index in [1.54, 1.807) is 0 Å². The highest BCUT2D eigenvalue weighted by Crippen LogP contribution is 2.36. The van der Waals surface area contributed by atoms with Gasteiger partial charge in [0.15, 0.2) is 11.6 Å². The number of hydrogen-bond acceptors (Lipinski definition) is 2. The fourth-order valence-electron chi connectivity index (χ4n) is 2.67. The molecule has 1 aliphatic rings. The van der Waals surface area contributed by atoms with Crippen LogP contribution in [-0.2, 0) is 12.8 Å². The molecule has 2 aromatic rings. The molecule has 1 aliphatic carbocycles. The molecule has 1 heterocycles. The number of thiophene rings is 1. The highest BCUT2D eigenvalue weighted by Gasteiger charge is 2.23. The average Bonchev–Trinajstić information content (AvgIpc) is 2.88. The van der Waals surface area contributed by atoms with Gasteiger partial charge in [0.1, 0.15) is 6.10 Å². The van der Waals surface area contributed by atoms with Gasteiger partial charge in [-0.05, 0) is 49.8 Å². The lowest BCUT2D eigenvalue weighted by atomic mass is 9.98. The van der Waals surface area contributed by atoms with Crippen LogP contribution in [0.3, 0.4) is 0 Å². The number of halogens is 2. The molecule has 0 spiro atoms. The summed E-state index contributed by atoms with van der Waals surface area (Å²) in [6.45, 7) is 1.51. The van der Waals surface area contributed by atoms with E-state index in [9.17, 15) is 13.9 Å². The molecule has 1 atom stereocenters. The quantitative estimate of drug-likeness (QED) is 0.875. The van der Waals surface area contributed by atoms with Gasteiger partial charge in [-0.2, -0.15) is 0 Å². The van der Waals surface area contributed by atoms with E-state index in [4.69, 9.17) is 0 Å². The van der Waals surface area contributed by atoms with Gasteiger partial charge >= 0.3 is 0 Å². The van der Waals surface area contributed by atoms with Gasteiger partial charge in [0.2, 0.25) is 0 Å². The van der Waals surface area contributed by atoms with Crippen LogP contribution < -0.4 is 0 Å². The van der Waals surface area contributed by atoms with Crippen LogP contribution in [0, 0.1) is 18.6 Å². The molecule has 1 aromatic carbocycles. The molecule has 1 nitrogen and oxygen atoms in total. The number of aliphatic hydroxyl groups is 1. The van der Waals surface area contributed by atoms with Crippen molar-refractivity contribution >= 4 is 11.3 Å². The second kappa shape index (κ2) is 5.26. The number of hydrogen-bond donors (Lipinski definition) is 1. The van der Waals surface area contributed by atoms with Gasteiger partial charge in [0.05, 0.1) is 0 Å². The highest BCUT2D eigenvalue weighted by atomic mass is 32.1. The number of fused-ring (bicyclic) bond motifs is 1. The Hall–Kier alpha value is -1.26. The van der Waals surface area contributed by atoms with Crippen molar-refractivity contribution in [3.63, 3.8) is 0 Å². The minimum Gasteiger partial charge on any atom is -0.383 e. The van der Waals surface area contributed by atoms with Gasteiger partial charge in [-0.3, -0.25) is 0 Å². The first-order valence-corrected chi connectivity index (χ1v) is 7.63. The third kappa shape index (κ3) is 2.27. The van der Waals surface area contributed by atoms with Gasteiger partial charge in [-0.1, -0.05) is 12.1 Å². The summed E-state index contributed by atoms with van der Waals surface area (Å²) >= 11 is 1.52. The molecule has 1 unspecified atom stereocenters. The molecule has 1 aromatic heterocycles. The van der Waals surface area contributed by atoms with Crippen molar-refractivity contribution in [1.82, 2.24) is 0 Å². The van der Waals surface area contributed by atoms with Gasteiger partial charge in [-0.25, -0.2) is 8.78 Å². The van der Waals surface area contributed by atoms with Gasteiger partial charge in [0, 0.05) is 15.3 Å². The predicted molar refractivity (Wildman–Crippen MR) is 76.1 cm³/mol. The Labute approximate surface area is 120 Å². The van der Waals surface area contributed by atoms with E-state index < -0.39 is 17.7 Å². The minimum atomic E-state index is -1.08. The third-order valence-electron chi connectivity index (χ3n) is 3.88. The Morgan fingerprint density at radius 3 is 2.65 bits per heavy atom. The fraction of sp³-hybridized carbons (Fsp3) is 0.375. The summed E-state index contributed by atoms with van der Waals surface area (Å²) < 4.78 is 27.6. The average molecular weight is 294 g/mol. The van der Waals surface area contributed by atoms with Gasteiger partial charge in [-0.15, -0.1) is 11.3 Å². The molecule has 0 bridgehead atoms. The van der Waals surface area contributed by atoms with Crippen LogP contribution in [0.25, 0.3) is 0 Å². The molecule has 3 rings (SSSR count). The van der Waals surface area contributed by atoms with E-state index in [1.165, 1.54) is 40.8 Å². The number of aryl methyl sites for hydroxylation is 3. The summed E-state index contributed by atoms with van der Waals surface area (Å²) in [6.07, 6.45) is 3.28. The van der Waals surface area contributed by atoms with Crippen molar-refractivity contribution in [2.75, 3.05) is 0 Å². The third-order valence-corrected chi connectivity index (χ3v) is 5.17. The fourth-order valence-corrected chi connectivity index (χ4v) is 3.94. The SMILES string of the molecule is Cc1ccc(C(O)c2cc3c(s2)CCCC3)c(F)c1F. The van der Waals surface area contributed by atoms with Crippen LogP contribution in [0.15, 0.2) is 18.2 Å². The zero-order chi connectivity index (χ0) is 14.3. The van der Waals surface area contributed by atoms with E-state index in [-0.39, 0.29) is 11.1 Å². The maximum atomic E-state index is 14.0. The zero-order valence-electron chi connectivity index (χ0n) is 11.2. The highest BCUT2D eigenvalue weighted by molar-refractivity contribution is 7.12. The molecule has 0 saturated heterocycles. The second-order valence-corrected chi connectivity index (χ2v) is 6.47. The Bertz CT molecular complexity index is 625. The van der Waals surface area contributed by atoms with Crippen molar-refractivity contribution in [2.45, 2.75) is 38.7 Å². The lowest BCUT2D eigenvalue weighted by Crippen LogP contribution is -2.04.